The third kappa shape index (κ3) is 3.53. The lowest BCUT2D eigenvalue weighted by atomic mass is 9.98. The lowest BCUT2D eigenvalue weighted by Crippen LogP contribution is -2.16. The number of aliphatic hydroxyl groups is 1. The van der Waals surface area contributed by atoms with Crippen LogP contribution in [0, 0.1) is 5.82 Å². The summed E-state index contributed by atoms with van der Waals surface area (Å²) in [6.07, 6.45) is 1.19. The molecule has 0 unspecified atom stereocenters. The number of halogens is 1. The SMILES string of the molecule is OCc1cccc(-c2ccc(F)cc2CO[C@H]2CCNC2)c1. The van der Waals surface area contributed by atoms with Crippen LogP contribution in [-0.2, 0) is 18.0 Å². The molecule has 1 atom stereocenters. The van der Waals surface area contributed by atoms with E-state index in [0.717, 1.165) is 41.8 Å². The van der Waals surface area contributed by atoms with Crippen molar-refractivity contribution in [1.82, 2.24) is 5.32 Å². The van der Waals surface area contributed by atoms with Crippen molar-refractivity contribution in [3.63, 3.8) is 0 Å². The lowest BCUT2D eigenvalue weighted by molar-refractivity contribution is 0.0543. The summed E-state index contributed by atoms with van der Waals surface area (Å²) in [4.78, 5) is 0. The molecule has 0 aromatic heterocycles. The van der Waals surface area contributed by atoms with Gasteiger partial charge in [-0.1, -0.05) is 24.3 Å². The summed E-state index contributed by atoms with van der Waals surface area (Å²) in [6.45, 7) is 2.21. The zero-order valence-corrected chi connectivity index (χ0v) is 12.4. The number of hydrogen-bond acceptors (Lipinski definition) is 3. The van der Waals surface area contributed by atoms with Crippen molar-refractivity contribution in [3.05, 3.63) is 59.4 Å². The fourth-order valence-corrected chi connectivity index (χ4v) is 2.78. The van der Waals surface area contributed by atoms with Gasteiger partial charge in [0.15, 0.2) is 0 Å². The number of rotatable bonds is 5. The summed E-state index contributed by atoms with van der Waals surface area (Å²) in [5.41, 5.74) is 3.59. The maximum Gasteiger partial charge on any atom is 0.123 e. The second-order valence-corrected chi connectivity index (χ2v) is 5.59. The average molecular weight is 301 g/mol. The molecule has 4 heteroatoms. The maximum atomic E-state index is 13.6. The highest BCUT2D eigenvalue weighted by Gasteiger charge is 2.16. The van der Waals surface area contributed by atoms with Crippen LogP contribution in [0.15, 0.2) is 42.5 Å². The molecule has 116 valence electrons. The quantitative estimate of drug-likeness (QED) is 0.892. The molecule has 2 N–H and O–H groups in total. The normalized spacial score (nSPS) is 17.8. The zero-order chi connectivity index (χ0) is 15.4. The van der Waals surface area contributed by atoms with Gasteiger partial charge in [-0.3, -0.25) is 0 Å². The Labute approximate surface area is 129 Å². The van der Waals surface area contributed by atoms with E-state index in [-0.39, 0.29) is 18.5 Å². The van der Waals surface area contributed by atoms with Crippen molar-refractivity contribution in [2.45, 2.75) is 25.7 Å². The highest BCUT2D eigenvalue weighted by atomic mass is 19.1. The second-order valence-electron chi connectivity index (χ2n) is 5.59. The standard InChI is InChI=1S/C18H20FNO2/c19-16-4-5-18(14-3-1-2-13(8-14)11-21)15(9-16)12-22-17-6-7-20-10-17/h1-5,8-9,17,20-21H,6-7,10-12H2/t17-/m0/s1. The Morgan fingerprint density at radius 3 is 2.91 bits per heavy atom. The van der Waals surface area contributed by atoms with Crippen molar-refractivity contribution >= 4 is 0 Å². The minimum absolute atomic E-state index is 0.00535. The lowest BCUT2D eigenvalue weighted by Gasteiger charge is -2.14. The number of ether oxygens (including phenoxy) is 1. The number of aliphatic hydroxyl groups excluding tert-OH is 1. The van der Waals surface area contributed by atoms with E-state index >= 15 is 0 Å². The molecule has 3 nitrogen and oxygen atoms in total. The fourth-order valence-electron chi connectivity index (χ4n) is 2.78. The Morgan fingerprint density at radius 1 is 1.23 bits per heavy atom. The van der Waals surface area contributed by atoms with Crippen LogP contribution in [0.25, 0.3) is 11.1 Å². The summed E-state index contributed by atoms with van der Waals surface area (Å²) in [7, 11) is 0. The van der Waals surface area contributed by atoms with Crippen LogP contribution in [0.2, 0.25) is 0 Å². The molecule has 1 aliphatic heterocycles. The number of nitrogens with one attached hydrogen (secondary N) is 1. The van der Waals surface area contributed by atoms with Crippen LogP contribution in [-0.4, -0.2) is 24.3 Å². The highest BCUT2D eigenvalue weighted by Crippen LogP contribution is 2.27. The molecule has 2 aromatic rings. The van der Waals surface area contributed by atoms with Crippen molar-refractivity contribution in [2.75, 3.05) is 13.1 Å². The molecule has 1 aliphatic rings. The summed E-state index contributed by atoms with van der Waals surface area (Å²) in [5, 5.41) is 12.5. The molecule has 22 heavy (non-hydrogen) atoms. The molecule has 0 radical (unpaired) electrons. The van der Waals surface area contributed by atoms with E-state index in [1.165, 1.54) is 12.1 Å². The van der Waals surface area contributed by atoms with Gasteiger partial charge in [0.2, 0.25) is 0 Å². The third-order valence-corrected chi connectivity index (χ3v) is 3.98. The Kier molecular flexibility index (Phi) is 4.83. The van der Waals surface area contributed by atoms with E-state index in [4.69, 9.17) is 4.74 Å². The van der Waals surface area contributed by atoms with Gasteiger partial charge in [0, 0.05) is 6.54 Å². The number of benzene rings is 2. The van der Waals surface area contributed by atoms with E-state index in [2.05, 4.69) is 5.32 Å². The van der Waals surface area contributed by atoms with Gasteiger partial charge in [-0.25, -0.2) is 4.39 Å². The van der Waals surface area contributed by atoms with Gasteiger partial charge in [-0.2, -0.15) is 0 Å². The van der Waals surface area contributed by atoms with Gasteiger partial charge >= 0.3 is 0 Å². The van der Waals surface area contributed by atoms with Gasteiger partial charge in [0.1, 0.15) is 5.82 Å². The first-order valence-corrected chi connectivity index (χ1v) is 7.57. The molecular formula is C18H20FNO2. The van der Waals surface area contributed by atoms with E-state index in [9.17, 15) is 9.50 Å². The first-order valence-electron chi connectivity index (χ1n) is 7.57. The third-order valence-electron chi connectivity index (χ3n) is 3.98. The van der Waals surface area contributed by atoms with E-state index in [1.54, 1.807) is 6.07 Å². The molecule has 0 spiro atoms. The maximum absolute atomic E-state index is 13.6. The molecule has 3 rings (SSSR count). The number of hydrogen-bond donors (Lipinski definition) is 2. The molecule has 1 heterocycles. The zero-order valence-electron chi connectivity index (χ0n) is 12.4. The van der Waals surface area contributed by atoms with Crippen LogP contribution >= 0.6 is 0 Å². The molecule has 0 aliphatic carbocycles. The Morgan fingerprint density at radius 2 is 2.14 bits per heavy atom. The first-order chi connectivity index (χ1) is 10.8. The van der Waals surface area contributed by atoms with Crippen LogP contribution < -0.4 is 5.32 Å². The van der Waals surface area contributed by atoms with Gasteiger partial charge in [0.05, 0.1) is 19.3 Å². The van der Waals surface area contributed by atoms with Crippen LogP contribution in [0.4, 0.5) is 4.39 Å². The molecule has 1 fully saturated rings. The monoisotopic (exact) mass is 301 g/mol. The molecule has 1 saturated heterocycles. The summed E-state index contributed by atoms with van der Waals surface area (Å²) < 4.78 is 19.5. The van der Waals surface area contributed by atoms with Crippen molar-refractivity contribution in [3.8, 4) is 11.1 Å². The largest absolute Gasteiger partial charge is 0.392 e. The Balaban J connectivity index is 1.85. The molecular weight excluding hydrogens is 281 g/mol. The van der Waals surface area contributed by atoms with E-state index in [1.807, 2.05) is 24.3 Å². The van der Waals surface area contributed by atoms with Gasteiger partial charge in [-0.05, 0) is 53.4 Å². The molecule has 0 saturated carbocycles. The fraction of sp³-hybridized carbons (Fsp3) is 0.333. The molecule has 0 bridgehead atoms. The minimum atomic E-state index is -0.259. The topological polar surface area (TPSA) is 41.5 Å². The van der Waals surface area contributed by atoms with Crippen molar-refractivity contribution in [2.24, 2.45) is 0 Å². The summed E-state index contributed by atoms with van der Waals surface area (Å²) in [6, 6.07) is 12.4. The summed E-state index contributed by atoms with van der Waals surface area (Å²) >= 11 is 0. The molecule has 2 aromatic carbocycles. The van der Waals surface area contributed by atoms with E-state index < -0.39 is 0 Å². The second kappa shape index (κ2) is 7.01. The first kappa shape index (κ1) is 15.2. The van der Waals surface area contributed by atoms with Gasteiger partial charge in [0.25, 0.3) is 0 Å². The van der Waals surface area contributed by atoms with Crippen LogP contribution in [0.1, 0.15) is 17.5 Å². The smallest absolute Gasteiger partial charge is 0.123 e. The predicted molar refractivity (Wildman–Crippen MR) is 83.8 cm³/mol. The Hall–Kier alpha value is -1.75. The highest BCUT2D eigenvalue weighted by molar-refractivity contribution is 5.68. The van der Waals surface area contributed by atoms with Crippen molar-refractivity contribution in [1.29, 1.82) is 0 Å². The minimum Gasteiger partial charge on any atom is -0.392 e. The van der Waals surface area contributed by atoms with Crippen LogP contribution in [0.3, 0.4) is 0 Å². The Bertz CT molecular complexity index is 639. The van der Waals surface area contributed by atoms with Crippen LogP contribution in [0.5, 0.6) is 0 Å². The molecule has 0 amide bonds. The predicted octanol–water partition coefficient (Wildman–Crippen LogP) is 2.86. The van der Waals surface area contributed by atoms with Gasteiger partial charge < -0.3 is 15.2 Å². The van der Waals surface area contributed by atoms with Gasteiger partial charge in [-0.15, -0.1) is 0 Å². The summed E-state index contributed by atoms with van der Waals surface area (Å²) in [5.74, 6) is -0.259. The van der Waals surface area contributed by atoms with E-state index in [0.29, 0.717) is 6.61 Å². The van der Waals surface area contributed by atoms with Crippen molar-refractivity contribution < 1.29 is 14.2 Å². The average Bonchev–Trinajstić information content (AvgIpc) is 3.06.